The van der Waals surface area contributed by atoms with Crippen LogP contribution in [-0.2, 0) is 33.8 Å². The quantitative estimate of drug-likeness (QED) is 0.367. The molecule has 0 radical (unpaired) electrons. The molecule has 8 rings (SSSR count). The van der Waals surface area contributed by atoms with E-state index in [1.54, 1.807) is 6.92 Å². The molecule has 7 heterocycles. The highest BCUT2D eigenvalue weighted by atomic mass is 32.1. The molecule has 4 aliphatic heterocycles. The Kier molecular flexibility index (Phi) is 8.04. The second kappa shape index (κ2) is 11.8. The molecule has 0 unspecified atom stereocenters. The summed E-state index contributed by atoms with van der Waals surface area (Å²) < 4.78 is 53.2. The molecule has 1 amide bonds. The Hall–Kier alpha value is -3.60. The van der Waals surface area contributed by atoms with Gasteiger partial charge in [-0.25, -0.2) is 15.0 Å². The number of aryl methyl sites for hydroxylation is 1. The fraction of sp³-hybridized carbons (Fsp3) is 0.581. The van der Waals surface area contributed by atoms with Gasteiger partial charge in [0.25, 0.3) is 0 Å². The maximum absolute atomic E-state index is 14.2. The first-order chi connectivity index (χ1) is 22.4. The predicted molar refractivity (Wildman–Crippen MR) is 167 cm³/mol. The van der Waals surface area contributed by atoms with E-state index in [0.29, 0.717) is 91.4 Å². The van der Waals surface area contributed by atoms with Crippen LogP contribution in [0.3, 0.4) is 0 Å². The summed E-state index contributed by atoms with van der Waals surface area (Å²) in [5.74, 6) is -0.370. The molecule has 3 saturated heterocycles. The van der Waals surface area contributed by atoms with Crippen LogP contribution in [0.15, 0.2) is 17.2 Å². The molecule has 5 aliphatic rings. The van der Waals surface area contributed by atoms with Crippen LogP contribution in [0.1, 0.15) is 48.3 Å². The van der Waals surface area contributed by atoms with Gasteiger partial charge in [-0.05, 0) is 25.3 Å². The van der Waals surface area contributed by atoms with Crippen LogP contribution in [0.4, 0.5) is 18.9 Å². The average Bonchev–Trinajstić information content (AvgIpc) is 3.75. The van der Waals surface area contributed by atoms with E-state index >= 15 is 0 Å². The number of anilines is 1. The minimum atomic E-state index is -4.50. The highest BCUT2D eigenvalue weighted by molar-refractivity contribution is 7.19. The Morgan fingerprint density at radius 1 is 1.19 bits per heavy atom. The molecule has 12 nitrogen and oxygen atoms in total. The summed E-state index contributed by atoms with van der Waals surface area (Å²) in [5, 5.41) is 13.9. The van der Waals surface area contributed by atoms with Crippen LogP contribution < -0.4 is 15.6 Å². The number of aromatic hydroxyl groups is 1. The Bertz CT molecular complexity index is 1810. The van der Waals surface area contributed by atoms with Crippen LogP contribution in [0.25, 0.3) is 15.9 Å². The molecule has 47 heavy (non-hydrogen) atoms. The minimum absolute atomic E-state index is 0.0727. The summed E-state index contributed by atoms with van der Waals surface area (Å²) >= 11 is 1.34. The van der Waals surface area contributed by atoms with Crippen LogP contribution in [0, 0.1) is 6.92 Å². The molecule has 2 N–H and O–H groups in total. The van der Waals surface area contributed by atoms with Gasteiger partial charge in [0.15, 0.2) is 11.4 Å². The molecule has 3 aromatic rings. The Morgan fingerprint density at radius 2 is 1.96 bits per heavy atom. The smallest absolute Gasteiger partial charge is 0.417 e. The third kappa shape index (κ3) is 5.58. The number of aromatic nitrogens is 4. The zero-order valence-electron chi connectivity index (χ0n) is 26.2. The fourth-order valence-electron chi connectivity index (χ4n) is 7.23. The van der Waals surface area contributed by atoms with Crippen LogP contribution in [0.5, 0.6) is 5.75 Å². The lowest BCUT2D eigenvalue weighted by molar-refractivity contribution is -0.273. The van der Waals surface area contributed by atoms with Crippen molar-refractivity contribution in [2.45, 2.75) is 69.9 Å². The normalized spacial score (nSPS) is 24.8. The van der Waals surface area contributed by atoms with Crippen molar-refractivity contribution in [1.82, 2.24) is 29.7 Å². The Balaban J connectivity index is 1.19. The monoisotopic (exact) mass is 675 g/mol. The number of piperazine rings is 1. The van der Waals surface area contributed by atoms with E-state index in [-0.39, 0.29) is 42.7 Å². The van der Waals surface area contributed by atoms with Crippen molar-refractivity contribution >= 4 is 38.9 Å². The first-order valence-electron chi connectivity index (χ1n) is 15.7. The molecule has 4 fully saturated rings. The van der Waals surface area contributed by atoms with Crippen LogP contribution in [0.2, 0.25) is 0 Å². The first kappa shape index (κ1) is 32.0. The lowest BCUT2D eigenvalue weighted by atomic mass is 9.68. The highest BCUT2D eigenvalue weighted by Gasteiger charge is 2.74. The summed E-state index contributed by atoms with van der Waals surface area (Å²) in [5.41, 5.74) is -0.0141. The number of fused-ring (bicyclic) bond motifs is 2. The number of nitrogens with one attached hydrogen (secondary N) is 1. The molecule has 2 bridgehead atoms. The number of amides is 1. The van der Waals surface area contributed by atoms with Crippen molar-refractivity contribution < 1.29 is 32.5 Å². The highest BCUT2D eigenvalue weighted by Crippen LogP contribution is 2.59. The lowest BCUT2D eigenvalue weighted by Gasteiger charge is -2.45. The van der Waals surface area contributed by atoms with Crippen molar-refractivity contribution in [3.8, 4) is 5.75 Å². The summed E-state index contributed by atoms with van der Waals surface area (Å²) in [7, 11) is 0. The van der Waals surface area contributed by atoms with E-state index in [9.17, 15) is 27.9 Å². The number of hydrogen-bond donors (Lipinski definition) is 2. The van der Waals surface area contributed by atoms with Crippen molar-refractivity contribution in [3.63, 3.8) is 0 Å². The standard InChI is InChI=1S/C31H36F3N7O5S/c1-3-21-24(40-8-6-39(7-9-40)12-20-25(43)18(2)35-17-36-20)26(44)23-28(47-27(37-23)19-4-10-45-11-5-19)41(21)13-22(42)38-29-14-30(15-29,46-16-29)31(32,33)34/h4,17,43H,3,5-16H2,1-2H3,(H,38,42). The van der Waals surface area contributed by atoms with Crippen LogP contribution in [-0.4, -0.2) is 98.7 Å². The van der Waals surface area contributed by atoms with E-state index in [0.717, 1.165) is 5.57 Å². The Labute approximate surface area is 272 Å². The van der Waals surface area contributed by atoms with Crippen LogP contribution >= 0.6 is 11.3 Å². The molecule has 1 saturated carbocycles. The van der Waals surface area contributed by atoms with Crippen molar-refractivity contribution in [1.29, 1.82) is 0 Å². The van der Waals surface area contributed by atoms with Gasteiger partial charge >= 0.3 is 6.18 Å². The number of thiazole rings is 1. The molecule has 3 aromatic heterocycles. The summed E-state index contributed by atoms with van der Waals surface area (Å²) in [6.07, 6.45) is -0.646. The zero-order valence-corrected chi connectivity index (χ0v) is 27.0. The third-order valence-electron chi connectivity index (χ3n) is 9.70. The average molecular weight is 676 g/mol. The van der Waals surface area contributed by atoms with Gasteiger partial charge in [-0.15, -0.1) is 0 Å². The third-order valence-corrected chi connectivity index (χ3v) is 10.8. The van der Waals surface area contributed by atoms with Crippen molar-refractivity contribution in [2.24, 2.45) is 0 Å². The molecule has 0 aromatic carbocycles. The van der Waals surface area contributed by atoms with Gasteiger partial charge in [-0.1, -0.05) is 24.3 Å². The topological polar surface area (TPSA) is 135 Å². The van der Waals surface area contributed by atoms with E-state index in [4.69, 9.17) is 14.5 Å². The number of nitrogens with zero attached hydrogens (tertiary/aromatic N) is 6. The first-order valence-corrected chi connectivity index (χ1v) is 16.6. The van der Waals surface area contributed by atoms with Gasteiger partial charge < -0.3 is 29.4 Å². The van der Waals surface area contributed by atoms with Gasteiger partial charge in [0.2, 0.25) is 11.3 Å². The number of alkyl halides is 3. The molecule has 0 spiro atoms. The fourth-order valence-corrected chi connectivity index (χ4v) is 8.38. The summed E-state index contributed by atoms with van der Waals surface area (Å²) in [6.45, 7) is 6.93. The SMILES string of the molecule is CCc1c(N2CCN(Cc3ncnc(C)c3O)CC2)c(=O)c2nc(C3=CCOCC3)sc2n1CC(=O)NC12COC(C(F)(F)F)(C1)C2. The van der Waals surface area contributed by atoms with E-state index < -0.39 is 23.2 Å². The van der Waals surface area contributed by atoms with Gasteiger partial charge in [-0.3, -0.25) is 14.5 Å². The number of carbonyl (C=O) groups is 1. The van der Waals surface area contributed by atoms with Crippen molar-refractivity contribution in [3.05, 3.63) is 44.7 Å². The largest absolute Gasteiger partial charge is 0.504 e. The number of carbonyl (C=O) groups excluding carboxylic acids is 1. The molecular weight excluding hydrogens is 639 g/mol. The lowest BCUT2D eigenvalue weighted by Crippen LogP contribution is -2.64. The maximum atomic E-state index is 14.2. The molecule has 16 heteroatoms. The Morgan fingerprint density at radius 3 is 2.62 bits per heavy atom. The number of rotatable bonds is 8. The number of ether oxygens (including phenoxy) is 2. The predicted octanol–water partition coefficient (Wildman–Crippen LogP) is 2.93. The zero-order chi connectivity index (χ0) is 33.1. The number of halogens is 3. The molecule has 0 atom stereocenters. The minimum Gasteiger partial charge on any atom is -0.504 e. The summed E-state index contributed by atoms with van der Waals surface area (Å²) in [4.78, 5) is 45.6. The van der Waals surface area contributed by atoms with Gasteiger partial charge in [0.05, 0.1) is 36.7 Å². The summed E-state index contributed by atoms with van der Waals surface area (Å²) in [6, 6.07) is 0. The molecular formula is C31H36F3N7O5S. The number of hydrogen-bond acceptors (Lipinski definition) is 11. The van der Waals surface area contributed by atoms with E-state index in [1.165, 1.54) is 17.7 Å². The van der Waals surface area contributed by atoms with Gasteiger partial charge in [0.1, 0.15) is 33.9 Å². The van der Waals surface area contributed by atoms with E-state index in [1.807, 2.05) is 22.5 Å². The second-order valence-electron chi connectivity index (χ2n) is 12.8. The maximum Gasteiger partial charge on any atom is 0.417 e. The van der Waals surface area contributed by atoms with Gasteiger partial charge in [-0.2, -0.15) is 13.2 Å². The van der Waals surface area contributed by atoms with Crippen molar-refractivity contribution in [2.75, 3.05) is 50.9 Å². The molecule has 252 valence electrons. The van der Waals surface area contributed by atoms with Gasteiger partial charge in [0, 0.05) is 51.3 Å². The van der Waals surface area contributed by atoms with E-state index in [2.05, 4.69) is 20.2 Å². The second-order valence-corrected chi connectivity index (χ2v) is 13.7. The number of pyridine rings is 1. The molecule has 1 aliphatic carbocycles.